The molecular weight excluding hydrogens is 312 g/mol. The van der Waals surface area contributed by atoms with E-state index in [4.69, 9.17) is 14.2 Å². The first kappa shape index (κ1) is 23.8. The third kappa shape index (κ3) is 14.1. The van der Waals surface area contributed by atoms with Gasteiger partial charge in [-0.3, -0.25) is 0 Å². The summed E-state index contributed by atoms with van der Waals surface area (Å²) in [4.78, 5) is 0. The second-order valence-corrected chi connectivity index (χ2v) is 6.36. The van der Waals surface area contributed by atoms with Gasteiger partial charge in [0.05, 0.1) is 51.3 Å². The standard InChI is InChI=1S/C18H38O6/c1-4-7-15(19)10-22-13-18(24-12-17(21)9-6-3)14-23-11-16(20)8-5-2/h15-21H,4-14H2,1-3H3. The van der Waals surface area contributed by atoms with Gasteiger partial charge in [-0.15, -0.1) is 0 Å². The van der Waals surface area contributed by atoms with Gasteiger partial charge in [0.2, 0.25) is 0 Å². The van der Waals surface area contributed by atoms with Gasteiger partial charge >= 0.3 is 0 Å². The average molecular weight is 350 g/mol. The van der Waals surface area contributed by atoms with Gasteiger partial charge in [-0.05, 0) is 19.3 Å². The summed E-state index contributed by atoms with van der Waals surface area (Å²) in [5, 5.41) is 29.2. The minimum atomic E-state index is -0.492. The summed E-state index contributed by atoms with van der Waals surface area (Å²) in [5.74, 6) is 0. The summed E-state index contributed by atoms with van der Waals surface area (Å²) >= 11 is 0. The molecule has 0 radical (unpaired) electrons. The molecule has 3 unspecified atom stereocenters. The summed E-state index contributed by atoms with van der Waals surface area (Å²) in [6.07, 6.45) is 3.09. The largest absolute Gasteiger partial charge is 0.391 e. The zero-order valence-electron chi connectivity index (χ0n) is 15.7. The fourth-order valence-corrected chi connectivity index (χ4v) is 2.31. The van der Waals surface area contributed by atoms with Gasteiger partial charge in [0.25, 0.3) is 0 Å². The molecule has 6 heteroatoms. The molecule has 0 saturated heterocycles. The summed E-state index contributed by atoms with van der Waals surface area (Å²) in [7, 11) is 0. The number of aliphatic hydroxyl groups excluding tert-OH is 3. The van der Waals surface area contributed by atoms with Crippen LogP contribution in [-0.4, -0.2) is 72.8 Å². The average Bonchev–Trinajstić information content (AvgIpc) is 2.53. The summed E-state index contributed by atoms with van der Waals surface area (Å²) in [6, 6.07) is 0. The van der Waals surface area contributed by atoms with E-state index in [1.54, 1.807) is 0 Å². The molecule has 0 aliphatic rings. The van der Waals surface area contributed by atoms with E-state index in [0.29, 0.717) is 32.5 Å². The molecule has 146 valence electrons. The zero-order valence-corrected chi connectivity index (χ0v) is 15.7. The maximum Gasteiger partial charge on any atom is 0.104 e. The fraction of sp³-hybridized carbons (Fsp3) is 1.00. The lowest BCUT2D eigenvalue weighted by atomic mass is 10.2. The Balaban J connectivity index is 4.12. The van der Waals surface area contributed by atoms with Crippen molar-refractivity contribution in [1.82, 2.24) is 0 Å². The van der Waals surface area contributed by atoms with Crippen LogP contribution < -0.4 is 0 Å². The molecular formula is C18H38O6. The highest BCUT2D eigenvalue weighted by Crippen LogP contribution is 2.04. The third-order valence-corrected chi connectivity index (χ3v) is 3.62. The van der Waals surface area contributed by atoms with Crippen LogP contribution in [0.2, 0.25) is 0 Å². The molecule has 3 atom stereocenters. The second-order valence-electron chi connectivity index (χ2n) is 6.36. The summed E-state index contributed by atoms with van der Waals surface area (Å²) in [5.41, 5.74) is 0. The molecule has 0 rings (SSSR count). The van der Waals surface area contributed by atoms with E-state index in [9.17, 15) is 15.3 Å². The van der Waals surface area contributed by atoms with Gasteiger partial charge < -0.3 is 29.5 Å². The predicted octanol–water partition coefficient (Wildman–Crippen LogP) is 1.89. The minimum Gasteiger partial charge on any atom is -0.391 e. The van der Waals surface area contributed by atoms with Gasteiger partial charge in [-0.25, -0.2) is 0 Å². The van der Waals surface area contributed by atoms with Crippen molar-refractivity contribution in [2.45, 2.75) is 83.7 Å². The van der Waals surface area contributed by atoms with E-state index in [2.05, 4.69) is 0 Å². The Hall–Kier alpha value is -0.240. The molecule has 0 aromatic carbocycles. The zero-order chi connectivity index (χ0) is 18.2. The number of ether oxygens (including phenoxy) is 3. The van der Waals surface area contributed by atoms with Gasteiger partial charge in [0.1, 0.15) is 6.10 Å². The molecule has 24 heavy (non-hydrogen) atoms. The van der Waals surface area contributed by atoms with Crippen LogP contribution >= 0.6 is 0 Å². The Bertz CT molecular complexity index is 246. The van der Waals surface area contributed by atoms with Gasteiger partial charge in [0.15, 0.2) is 0 Å². The van der Waals surface area contributed by atoms with Gasteiger partial charge in [0, 0.05) is 0 Å². The number of hydrogen-bond donors (Lipinski definition) is 3. The van der Waals surface area contributed by atoms with Crippen molar-refractivity contribution in [2.24, 2.45) is 0 Å². The first-order valence-corrected chi connectivity index (χ1v) is 9.34. The maximum absolute atomic E-state index is 9.78. The van der Waals surface area contributed by atoms with Crippen LogP contribution in [0.1, 0.15) is 59.3 Å². The normalized spacial score (nSPS) is 16.8. The Labute approximate surface area is 147 Å². The van der Waals surface area contributed by atoms with Crippen molar-refractivity contribution in [2.75, 3.05) is 33.0 Å². The van der Waals surface area contributed by atoms with Crippen LogP contribution in [0.15, 0.2) is 0 Å². The van der Waals surface area contributed by atoms with Crippen LogP contribution in [0, 0.1) is 0 Å². The lowest BCUT2D eigenvalue weighted by Gasteiger charge is -2.21. The maximum atomic E-state index is 9.78. The molecule has 6 nitrogen and oxygen atoms in total. The SMILES string of the molecule is CCCC(O)COCC(COCC(O)CCC)OCC(O)CCC. The van der Waals surface area contributed by atoms with Crippen molar-refractivity contribution in [3.63, 3.8) is 0 Å². The molecule has 0 aromatic heterocycles. The van der Waals surface area contributed by atoms with E-state index in [1.165, 1.54) is 0 Å². The molecule has 0 bridgehead atoms. The lowest BCUT2D eigenvalue weighted by molar-refractivity contribution is -0.0979. The van der Waals surface area contributed by atoms with Crippen LogP contribution in [0.5, 0.6) is 0 Å². The van der Waals surface area contributed by atoms with E-state index < -0.39 is 18.3 Å². The highest BCUT2D eigenvalue weighted by molar-refractivity contribution is 4.62. The Morgan fingerprint density at radius 2 is 0.958 bits per heavy atom. The topological polar surface area (TPSA) is 88.4 Å². The van der Waals surface area contributed by atoms with Crippen LogP contribution in [0.3, 0.4) is 0 Å². The number of rotatable bonds is 17. The van der Waals surface area contributed by atoms with Crippen molar-refractivity contribution in [1.29, 1.82) is 0 Å². The monoisotopic (exact) mass is 350 g/mol. The van der Waals surface area contributed by atoms with Crippen LogP contribution in [0.25, 0.3) is 0 Å². The molecule has 0 aliphatic carbocycles. The molecule has 0 aliphatic heterocycles. The fourth-order valence-electron chi connectivity index (χ4n) is 2.31. The van der Waals surface area contributed by atoms with Crippen molar-refractivity contribution in [3.8, 4) is 0 Å². The highest BCUT2D eigenvalue weighted by atomic mass is 16.6. The first-order chi connectivity index (χ1) is 11.5. The molecule has 0 aromatic rings. The Morgan fingerprint density at radius 1 is 0.583 bits per heavy atom. The highest BCUT2D eigenvalue weighted by Gasteiger charge is 2.15. The second kappa shape index (κ2) is 16.2. The molecule has 0 saturated carbocycles. The number of hydrogen-bond acceptors (Lipinski definition) is 6. The Kier molecular flexibility index (Phi) is 16.1. The van der Waals surface area contributed by atoms with Crippen molar-refractivity contribution < 1.29 is 29.5 Å². The minimum absolute atomic E-state index is 0.236. The smallest absolute Gasteiger partial charge is 0.104 e. The van der Waals surface area contributed by atoms with E-state index in [0.717, 1.165) is 19.3 Å². The van der Waals surface area contributed by atoms with Gasteiger partial charge in [-0.2, -0.15) is 0 Å². The van der Waals surface area contributed by atoms with Crippen molar-refractivity contribution >= 4 is 0 Å². The quantitative estimate of drug-likeness (QED) is 0.371. The van der Waals surface area contributed by atoms with Gasteiger partial charge in [-0.1, -0.05) is 40.0 Å². The summed E-state index contributed by atoms with van der Waals surface area (Å²) in [6.45, 7) is 7.40. The number of aliphatic hydroxyl groups is 3. The third-order valence-electron chi connectivity index (χ3n) is 3.62. The first-order valence-electron chi connectivity index (χ1n) is 9.34. The molecule has 0 heterocycles. The molecule has 0 fully saturated rings. The van der Waals surface area contributed by atoms with E-state index in [-0.39, 0.29) is 25.9 Å². The van der Waals surface area contributed by atoms with Crippen molar-refractivity contribution in [3.05, 3.63) is 0 Å². The lowest BCUT2D eigenvalue weighted by Crippen LogP contribution is -2.32. The molecule has 3 N–H and O–H groups in total. The van der Waals surface area contributed by atoms with E-state index >= 15 is 0 Å². The molecule has 0 amide bonds. The molecule has 0 spiro atoms. The van der Waals surface area contributed by atoms with Crippen LogP contribution in [-0.2, 0) is 14.2 Å². The van der Waals surface area contributed by atoms with Crippen LogP contribution in [0.4, 0.5) is 0 Å². The van der Waals surface area contributed by atoms with E-state index in [1.807, 2.05) is 20.8 Å². The Morgan fingerprint density at radius 3 is 1.33 bits per heavy atom. The predicted molar refractivity (Wildman–Crippen MR) is 94.1 cm³/mol. The summed E-state index contributed by atoms with van der Waals surface area (Å²) < 4.78 is 16.7.